The van der Waals surface area contributed by atoms with Crippen LogP contribution in [0.15, 0.2) is 23.6 Å². The molecule has 0 radical (unpaired) electrons. The first-order valence-electron chi connectivity index (χ1n) is 6.99. The molecular weight excluding hydrogens is 274 g/mol. The van der Waals surface area contributed by atoms with Crippen molar-refractivity contribution in [2.24, 2.45) is 0 Å². The Labute approximate surface area is 123 Å². The highest BCUT2D eigenvalue weighted by molar-refractivity contribution is 7.99. The number of esters is 1. The molecule has 1 aliphatic carbocycles. The Kier molecular flexibility index (Phi) is 5.37. The highest BCUT2D eigenvalue weighted by Gasteiger charge is 2.39. The van der Waals surface area contributed by atoms with Crippen LogP contribution in [0.25, 0.3) is 0 Å². The highest BCUT2D eigenvalue weighted by atomic mass is 32.2. The van der Waals surface area contributed by atoms with Crippen molar-refractivity contribution in [3.8, 4) is 0 Å². The van der Waals surface area contributed by atoms with Crippen molar-refractivity contribution in [3.05, 3.63) is 18.5 Å². The number of carbonyl (C=O) groups is 1. The molecule has 0 bridgehead atoms. The van der Waals surface area contributed by atoms with Gasteiger partial charge in [0.05, 0.1) is 6.61 Å². The van der Waals surface area contributed by atoms with E-state index in [1.54, 1.807) is 30.2 Å². The van der Waals surface area contributed by atoms with E-state index in [9.17, 15) is 4.79 Å². The van der Waals surface area contributed by atoms with Crippen molar-refractivity contribution in [3.63, 3.8) is 0 Å². The number of hydrogen-bond acceptors (Lipinski definition) is 6. The fourth-order valence-corrected chi connectivity index (χ4v) is 2.87. The Morgan fingerprint density at radius 3 is 2.80 bits per heavy atom. The summed E-state index contributed by atoms with van der Waals surface area (Å²) in [5.74, 6) is 0.612. The molecule has 0 spiro atoms. The van der Waals surface area contributed by atoms with Crippen LogP contribution in [0.1, 0.15) is 33.1 Å². The third-order valence-electron chi connectivity index (χ3n) is 3.20. The molecule has 1 heterocycles. The number of nitrogens with one attached hydrogen (secondary N) is 1. The van der Waals surface area contributed by atoms with E-state index in [4.69, 9.17) is 4.74 Å². The molecule has 1 saturated carbocycles. The zero-order valence-electron chi connectivity index (χ0n) is 12.0. The van der Waals surface area contributed by atoms with Crippen molar-refractivity contribution >= 4 is 17.7 Å². The maximum Gasteiger partial charge on any atom is 0.326 e. The van der Waals surface area contributed by atoms with Gasteiger partial charge in [-0.3, -0.25) is 10.1 Å². The number of thioether (sulfide) groups is 1. The highest BCUT2D eigenvalue weighted by Crippen LogP contribution is 2.26. The third-order valence-corrected chi connectivity index (χ3v) is 4.08. The summed E-state index contributed by atoms with van der Waals surface area (Å²) in [6, 6.07) is 2.25. The molecule has 20 heavy (non-hydrogen) atoms. The molecule has 1 fully saturated rings. The molecule has 0 amide bonds. The molecule has 1 unspecified atom stereocenters. The lowest BCUT2D eigenvalue weighted by atomic mass is 9.99. The summed E-state index contributed by atoms with van der Waals surface area (Å²) in [6.07, 6.45) is 6.43. The van der Waals surface area contributed by atoms with E-state index < -0.39 is 5.54 Å². The number of nitrogens with zero attached hydrogens (tertiary/aromatic N) is 2. The zero-order valence-corrected chi connectivity index (χ0v) is 12.8. The van der Waals surface area contributed by atoms with E-state index in [-0.39, 0.29) is 5.97 Å². The number of hydrogen-bond donors (Lipinski definition) is 1. The maximum atomic E-state index is 12.1. The minimum absolute atomic E-state index is 0.165. The molecule has 1 aromatic rings. The first-order chi connectivity index (χ1) is 9.64. The van der Waals surface area contributed by atoms with Gasteiger partial charge in [-0.05, 0) is 39.2 Å². The fraction of sp³-hybridized carbons (Fsp3) is 0.643. The van der Waals surface area contributed by atoms with Gasteiger partial charge >= 0.3 is 5.97 Å². The minimum atomic E-state index is -0.612. The third kappa shape index (κ3) is 4.45. The Morgan fingerprint density at radius 2 is 2.20 bits per heavy atom. The largest absolute Gasteiger partial charge is 0.465 e. The molecule has 5 nitrogen and oxygen atoms in total. The molecule has 2 rings (SSSR count). The van der Waals surface area contributed by atoms with E-state index in [2.05, 4.69) is 15.3 Å². The van der Waals surface area contributed by atoms with Gasteiger partial charge in [0, 0.05) is 24.2 Å². The average molecular weight is 295 g/mol. The van der Waals surface area contributed by atoms with Crippen LogP contribution in [0.3, 0.4) is 0 Å². The van der Waals surface area contributed by atoms with Crippen molar-refractivity contribution in [2.75, 3.05) is 12.4 Å². The predicted octanol–water partition coefficient (Wildman–Crippen LogP) is 2.03. The van der Waals surface area contributed by atoms with Gasteiger partial charge in [0.15, 0.2) is 5.16 Å². The predicted molar refractivity (Wildman–Crippen MR) is 78.6 cm³/mol. The monoisotopic (exact) mass is 295 g/mol. The Morgan fingerprint density at radius 1 is 1.50 bits per heavy atom. The Balaban J connectivity index is 1.88. The normalized spacial score (nSPS) is 17.5. The first kappa shape index (κ1) is 15.3. The van der Waals surface area contributed by atoms with Crippen molar-refractivity contribution in [1.82, 2.24) is 15.3 Å². The van der Waals surface area contributed by atoms with Crippen LogP contribution in [0.5, 0.6) is 0 Å². The standard InChI is InChI=1S/C14H21N3O2S/c1-3-19-12(18)14(2,17-11-5-6-11)7-10-20-13-15-8-4-9-16-13/h4,8-9,11,17H,3,5-7,10H2,1-2H3. The second kappa shape index (κ2) is 7.04. The summed E-state index contributed by atoms with van der Waals surface area (Å²) in [5.41, 5.74) is -0.612. The summed E-state index contributed by atoms with van der Waals surface area (Å²) >= 11 is 1.56. The second-order valence-corrected chi connectivity index (χ2v) is 6.16. The molecule has 6 heteroatoms. The van der Waals surface area contributed by atoms with E-state index in [0.717, 1.165) is 23.8 Å². The number of rotatable bonds is 8. The topological polar surface area (TPSA) is 64.1 Å². The van der Waals surface area contributed by atoms with Crippen molar-refractivity contribution in [1.29, 1.82) is 0 Å². The van der Waals surface area contributed by atoms with Crippen LogP contribution in [-0.4, -0.2) is 39.9 Å². The molecular formula is C14H21N3O2S. The summed E-state index contributed by atoms with van der Waals surface area (Å²) in [7, 11) is 0. The Hall–Kier alpha value is -1.14. The van der Waals surface area contributed by atoms with Gasteiger partial charge in [0.25, 0.3) is 0 Å². The van der Waals surface area contributed by atoms with E-state index >= 15 is 0 Å². The van der Waals surface area contributed by atoms with Crippen LogP contribution in [0.2, 0.25) is 0 Å². The fourth-order valence-electron chi connectivity index (χ4n) is 1.91. The number of ether oxygens (including phenoxy) is 1. The van der Waals surface area contributed by atoms with Crippen molar-refractivity contribution < 1.29 is 9.53 Å². The molecule has 1 aromatic heterocycles. The van der Waals surface area contributed by atoms with Gasteiger partial charge in [-0.25, -0.2) is 9.97 Å². The number of aromatic nitrogens is 2. The van der Waals surface area contributed by atoms with Gasteiger partial charge in [0.1, 0.15) is 5.54 Å². The zero-order chi connectivity index (χ0) is 14.4. The molecule has 1 N–H and O–H groups in total. The summed E-state index contributed by atoms with van der Waals surface area (Å²) in [6.45, 7) is 4.17. The van der Waals surface area contributed by atoms with Crippen LogP contribution >= 0.6 is 11.8 Å². The molecule has 0 aromatic carbocycles. The van der Waals surface area contributed by atoms with E-state index in [0.29, 0.717) is 19.1 Å². The van der Waals surface area contributed by atoms with E-state index in [1.807, 2.05) is 13.8 Å². The van der Waals surface area contributed by atoms with Gasteiger partial charge < -0.3 is 4.74 Å². The average Bonchev–Trinajstić information content (AvgIpc) is 3.24. The molecule has 0 saturated heterocycles. The quantitative estimate of drug-likeness (QED) is 0.450. The first-order valence-corrected chi connectivity index (χ1v) is 7.97. The molecule has 1 atom stereocenters. The van der Waals surface area contributed by atoms with Crippen LogP contribution < -0.4 is 5.32 Å². The smallest absolute Gasteiger partial charge is 0.326 e. The van der Waals surface area contributed by atoms with E-state index in [1.165, 1.54) is 0 Å². The van der Waals surface area contributed by atoms with Gasteiger partial charge in [-0.2, -0.15) is 0 Å². The summed E-state index contributed by atoms with van der Waals surface area (Å²) in [5, 5.41) is 4.15. The minimum Gasteiger partial charge on any atom is -0.465 e. The molecule has 0 aliphatic heterocycles. The SMILES string of the molecule is CCOC(=O)C(C)(CCSc1ncccn1)NC1CC1. The Bertz CT molecular complexity index is 439. The van der Waals surface area contributed by atoms with Gasteiger partial charge in [-0.15, -0.1) is 0 Å². The van der Waals surface area contributed by atoms with Crippen molar-refractivity contribution in [2.45, 2.75) is 49.8 Å². The summed E-state index contributed by atoms with van der Waals surface area (Å²) in [4.78, 5) is 20.5. The second-order valence-electron chi connectivity index (χ2n) is 5.10. The molecule has 1 aliphatic rings. The lowest BCUT2D eigenvalue weighted by molar-refractivity contribution is -0.150. The lowest BCUT2D eigenvalue weighted by Gasteiger charge is -2.28. The van der Waals surface area contributed by atoms with Gasteiger partial charge in [-0.1, -0.05) is 11.8 Å². The summed E-state index contributed by atoms with van der Waals surface area (Å²) < 4.78 is 5.20. The maximum absolute atomic E-state index is 12.1. The van der Waals surface area contributed by atoms with Crippen LogP contribution in [-0.2, 0) is 9.53 Å². The number of carbonyl (C=O) groups excluding carboxylic acids is 1. The molecule has 110 valence electrons. The van der Waals surface area contributed by atoms with Gasteiger partial charge in [0.2, 0.25) is 0 Å². The van der Waals surface area contributed by atoms with Crippen LogP contribution in [0, 0.1) is 0 Å². The van der Waals surface area contributed by atoms with Crippen LogP contribution in [0.4, 0.5) is 0 Å². The lowest BCUT2D eigenvalue weighted by Crippen LogP contribution is -2.52.